The van der Waals surface area contributed by atoms with E-state index in [4.69, 9.17) is 16.3 Å². The summed E-state index contributed by atoms with van der Waals surface area (Å²) >= 11 is 6.06. The van der Waals surface area contributed by atoms with Crippen LogP contribution in [0.4, 0.5) is 0 Å². The summed E-state index contributed by atoms with van der Waals surface area (Å²) in [6.07, 6.45) is 3.49. The Morgan fingerprint density at radius 1 is 1.42 bits per heavy atom. The number of aryl methyl sites for hydroxylation is 1. The smallest absolute Gasteiger partial charge is 0.124 e. The number of methoxy groups -OCH3 is 1. The minimum absolute atomic E-state index is 0.0157. The fourth-order valence-corrected chi connectivity index (χ4v) is 3.10. The molecule has 3 nitrogen and oxygen atoms in total. The highest BCUT2D eigenvalue weighted by molar-refractivity contribution is 6.16. The molecule has 2 aromatic rings. The minimum atomic E-state index is -0.0157. The molecule has 0 bridgehead atoms. The van der Waals surface area contributed by atoms with Gasteiger partial charge < -0.3 is 9.30 Å². The van der Waals surface area contributed by atoms with Gasteiger partial charge in [-0.2, -0.15) is 0 Å². The molecular weight excluding hydrogens is 260 g/mol. The Morgan fingerprint density at radius 2 is 2.21 bits per heavy atom. The van der Waals surface area contributed by atoms with Crippen LogP contribution in [-0.2, 0) is 17.2 Å². The summed E-state index contributed by atoms with van der Waals surface area (Å²) in [7, 11) is 1.81. The van der Waals surface area contributed by atoms with Crippen molar-refractivity contribution in [3.05, 3.63) is 29.6 Å². The van der Waals surface area contributed by atoms with Crippen molar-refractivity contribution in [1.29, 1.82) is 0 Å². The summed E-state index contributed by atoms with van der Waals surface area (Å²) in [5.74, 6) is 1.38. The van der Waals surface area contributed by atoms with E-state index in [2.05, 4.69) is 34.7 Å². The molecule has 1 fully saturated rings. The molecule has 19 heavy (non-hydrogen) atoms. The number of halogens is 1. The standard InChI is InChI=1S/C15H19ClN2O/c1-11-5-3-6-12-14(11)17-13(9-16)18(12)10-15(19-2)7-4-8-15/h3,5-6H,4,7-10H2,1-2H3. The molecule has 4 heteroatoms. The van der Waals surface area contributed by atoms with E-state index in [9.17, 15) is 0 Å². The Balaban J connectivity index is 2.08. The Hall–Kier alpha value is -1.06. The molecule has 102 valence electrons. The fraction of sp³-hybridized carbons (Fsp3) is 0.533. The maximum atomic E-state index is 6.06. The number of nitrogens with zero attached hydrogens (tertiary/aromatic N) is 2. The molecule has 1 aliphatic rings. The maximum Gasteiger partial charge on any atom is 0.124 e. The zero-order valence-electron chi connectivity index (χ0n) is 11.4. The van der Waals surface area contributed by atoms with Crippen LogP contribution >= 0.6 is 11.6 Å². The Kier molecular flexibility index (Phi) is 3.27. The van der Waals surface area contributed by atoms with Crippen molar-refractivity contribution < 1.29 is 4.74 Å². The molecule has 0 saturated heterocycles. The highest BCUT2D eigenvalue weighted by Crippen LogP contribution is 2.37. The van der Waals surface area contributed by atoms with Gasteiger partial charge in [0.25, 0.3) is 0 Å². The van der Waals surface area contributed by atoms with E-state index >= 15 is 0 Å². The molecule has 1 aromatic heterocycles. The first-order valence-electron chi connectivity index (χ1n) is 6.75. The SMILES string of the molecule is COC1(Cn2c(CCl)nc3c(C)cccc32)CCC1. The first kappa shape index (κ1) is 12.9. The van der Waals surface area contributed by atoms with Gasteiger partial charge in [0, 0.05) is 7.11 Å². The van der Waals surface area contributed by atoms with E-state index in [0.29, 0.717) is 5.88 Å². The number of aromatic nitrogens is 2. The molecule has 0 aliphatic heterocycles. The van der Waals surface area contributed by atoms with E-state index in [0.717, 1.165) is 30.7 Å². The second kappa shape index (κ2) is 4.80. The molecular formula is C15H19ClN2O. The predicted molar refractivity (Wildman–Crippen MR) is 77.6 cm³/mol. The number of alkyl halides is 1. The molecule has 0 amide bonds. The first-order chi connectivity index (χ1) is 9.19. The van der Waals surface area contributed by atoms with Gasteiger partial charge in [0.15, 0.2) is 0 Å². The van der Waals surface area contributed by atoms with Crippen molar-refractivity contribution in [3.8, 4) is 0 Å². The molecule has 1 saturated carbocycles. The van der Waals surface area contributed by atoms with Crippen molar-refractivity contribution in [2.45, 2.75) is 44.2 Å². The topological polar surface area (TPSA) is 27.1 Å². The molecule has 3 rings (SSSR count). The van der Waals surface area contributed by atoms with Gasteiger partial charge in [-0.15, -0.1) is 11.6 Å². The Bertz CT molecular complexity index is 596. The van der Waals surface area contributed by atoms with E-state index in [-0.39, 0.29) is 5.60 Å². The second-order valence-electron chi connectivity index (χ2n) is 5.43. The number of fused-ring (bicyclic) bond motifs is 1. The third-order valence-corrected chi connectivity index (χ3v) is 4.56. The van der Waals surface area contributed by atoms with Crippen molar-refractivity contribution >= 4 is 22.6 Å². The van der Waals surface area contributed by atoms with Gasteiger partial charge in [0.1, 0.15) is 5.82 Å². The fourth-order valence-electron chi connectivity index (χ4n) is 2.90. The highest BCUT2D eigenvalue weighted by atomic mass is 35.5. The van der Waals surface area contributed by atoms with Crippen molar-refractivity contribution in [1.82, 2.24) is 9.55 Å². The van der Waals surface area contributed by atoms with E-state index in [1.165, 1.54) is 17.5 Å². The van der Waals surface area contributed by atoms with Crippen molar-refractivity contribution in [2.24, 2.45) is 0 Å². The number of imidazole rings is 1. The van der Waals surface area contributed by atoms with Crippen LogP contribution in [0, 0.1) is 6.92 Å². The monoisotopic (exact) mass is 278 g/mol. The lowest BCUT2D eigenvalue weighted by Crippen LogP contribution is -2.43. The Labute approximate surface area is 118 Å². The summed E-state index contributed by atoms with van der Waals surface area (Å²) in [5, 5.41) is 0. The predicted octanol–water partition coefficient (Wildman–Crippen LogP) is 3.65. The van der Waals surface area contributed by atoms with Gasteiger partial charge in [-0.25, -0.2) is 4.98 Å². The van der Waals surface area contributed by atoms with Crippen LogP contribution < -0.4 is 0 Å². The largest absolute Gasteiger partial charge is 0.376 e. The van der Waals surface area contributed by atoms with Gasteiger partial charge in [-0.3, -0.25) is 0 Å². The summed E-state index contributed by atoms with van der Waals surface area (Å²) in [5.41, 5.74) is 3.41. The average molecular weight is 279 g/mol. The van der Waals surface area contributed by atoms with Crippen LogP contribution in [0.2, 0.25) is 0 Å². The molecule has 0 unspecified atom stereocenters. The minimum Gasteiger partial charge on any atom is -0.376 e. The van der Waals surface area contributed by atoms with Gasteiger partial charge in [0.05, 0.1) is 29.1 Å². The second-order valence-corrected chi connectivity index (χ2v) is 5.70. The van der Waals surface area contributed by atoms with Gasteiger partial charge in [0.2, 0.25) is 0 Å². The van der Waals surface area contributed by atoms with Crippen molar-refractivity contribution in [2.75, 3.05) is 7.11 Å². The Morgan fingerprint density at radius 3 is 2.79 bits per heavy atom. The summed E-state index contributed by atoms with van der Waals surface area (Å²) in [4.78, 5) is 4.68. The van der Waals surface area contributed by atoms with Crippen LogP contribution in [0.5, 0.6) is 0 Å². The lowest BCUT2D eigenvalue weighted by molar-refractivity contribution is -0.0831. The number of rotatable bonds is 4. The van der Waals surface area contributed by atoms with Crippen LogP contribution in [-0.4, -0.2) is 22.3 Å². The first-order valence-corrected chi connectivity index (χ1v) is 7.28. The van der Waals surface area contributed by atoms with Crippen LogP contribution in [0.25, 0.3) is 11.0 Å². The molecule has 0 N–H and O–H groups in total. The van der Waals surface area contributed by atoms with Gasteiger partial charge >= 0.3 is 0 Å². The summed E-state index contributed by atoms with van der Waals surface area (Å²) in [6.45, 7) is 2.94. The lowest BCUT2D eigenvalue weighted by Gasteiger charge is -2.41. The summed E-state index contributed by atoms with van der Waals surface area (Å²) in [6, 6.07) is 6.29. The number of hydrogen-bond acceptors (Lipinski definition) is 2. The van der Waals surface area contributed by atoms with E-state index in [1.807, 2.05) is 7.11 Å². The molecule has 1 aliphatic carbocycles. The number of ether oxygens (including phenoxy) is 1. The molecule has 0 atom stereocenters. The van der Waals surface area contributed by atoms with Crippen LogP contribution in [0.1, 0.15) is 30.7 Å². The zero-order valence-corrected chi connectivity index (χ0v) is 12.2. The third kappa shape index (κ3) is 2.05. The molecule has 0 radical (unpaired) electrons. The van der Waals surface area contributed by atoms with E-state index in [1.54, 1.807) is 0 Å². The van der Waals surface area contributed by atoms with E-state index < -0.39 is 0 Å². The normalized spacial score (nSPS) is 17.6. The van der Waals surface area contributed by atoms with Crippen molar-refractivity contribution in [3.63, 3.8) is 0 Å². The number of hydrogen-bond donors (Lipinski definition) is 0. The quantitative estimate of drug-likeness (QED) is 0.798. The van der Waals surface area contributed by atoms with Gasteiger partial charge in [-0.1, -0.05) is 12.1 Å². The zero-order chi connectivity index (χ0) is 13.5. The molecule has 1 aromatic carbocycles. The third-order valence-electron chi connectivity index (χ3n) is 4.32. The van der Waals surface area contributed by atoms with Gasteiger partial charge in [-0.05, 0) is 37.8 Å². The number of para-hydroxylation sites is 1. The molecule has 0 spiro atoms. The highest BCUT2D eigenvalue weighted by Gasteiger charge is 2.38. The average Bonchev–Trinajstić information content (AvgIpc) is 2.73. The number of benzene rings is 1. The molecule has 1 heterocycles. The lowest BCUT2D eigenvalue weighted by atomic mass is 9.80. The summed E-state index contributed by atoms with van der Waals surface area (Å²) < 4.78 is 7.97. The van der Waals surface area contributed by atoms with Crippen LogP contribution in [0.3, 0.4) is 0 Å². The van der Waals surface area contributed by atoms with Crippen LogP contribution in [0.15, 0.2) is 18.2 Å². The maximum absolute atomic E-state index is 6.06.